The van der Waals surface area contributed by atoms with E-state index in [4.69, 9.17) is 9.84 Å². The Balaban J connectivity index is 3.14. The molecule has 0 amide bonds. The summed E-state index contributed by atoms with van der Waals surface area (Å²) >= 11 is 0. The standard InChI is InChI=1S/C9H16O2/c1-3-5-6-7-9(10)11-8-4-2/h3-4,9-10H,1-2,5-8H2. The molecule has 0 saturated heterocycles. The number of hydrogen-bond donors (Lipinski definition) is 1. The number of allylic oxidation sites excluding steroid dienone is 1. The number of ether oxygens (including phenoxy) is 1. The van der Waals surface area contributed by atoms with Crippen molar-refractivity contribution in [1.82, 2.24) is 0 Å². The van der Waals surface area contributed by atoms with E-state index in [-0.39, 0.29) is 0 Å². The molecule has 0 aliphatic rings. The number of rotatable bonds is 7. The van der Waals surface area contributed by atoms with Gasteiger partial charge in [0.2, 0.25) is 0 Å². The molecule has 0 fully saturated rings. The predicted octanol–water partition coefficient (Wildman–Crippen LogP) is 1.86. The van der Waals surface area contributed by atoms with Crippen LogP contribution in [0.4, 0.5) is 0 Å². The molecule has 2 heteroatoms. The van der Waals surface area contributed by atoms with Gasteiger partial charge in [-0.3, -0.25) is 0 Å². The third-order valence-corrected chi connectivity index (χ3v) is 1.27. The Morgan fingerprint density at radius 3 is 2.64 bits per heavy atom. The van der Waals surface area contributed by atoms with Gasteiger partial charge in [-0.15, -0.1) is 13.2 Å². The molecule has 64 valence electrons. The van der Waals surface area contributed by atoms with Crippen LogP contribution in [-0.2, 0) is 4.74 Å². The maximum Gasteiger partial charge on any atom is 0.154 e. The van der Waals surface area contributed by atoms with Gasteiger partial charge in [0.05, 0.1) is 6.61 Å². The molecule has 1 atom stereocenters. The predicted molar refractivity (Wildman–Crippen MR) is 46.2 cm³/mol. The van der Waals surface area contributed by atoms with Crippen LogP contribution in [0.15, 0.2) is 25.3 Å². The van der Waals surface area contributed by atoms with Crippen molar-refractivity contribution in [3.05, 3.63) is 25.3 Å². The quantitative estimate of drug-likeness (QED) is 0.346. The molecule has 1 unspecified atom stereocenters. The van der Waals surface area contributed by atoms with Crippen LogP contribution >= 0.6 is 0 Å². The summed E-state index contributed by atoms with van der Waals surface area (Å²) in [5.74, 6) is 0. The average molecular weight is 156 g/mol. The van der Waals surface area contributed by atoms with Crippen LogP contribution in [0.2, 0.25) is 0 Å². The van der Waals surface area contributed by atoms with Crippen molar-refractivity contribution < 1.29 is 9.84 Å². The van der Waals surface area contributed by atoms with Crippen LogP contribution < -0.4 is 0 Å². The fourth-order valence-corrected chi connectivity index (χ4v) is 0.699. The summed E-state index contributed by atoms with van der Waals surface area (Å²) in [5.41, 5.74) is 0. The SMILES string of the molecule is C=CCCCC(O)OCC=C. The summed E-state index contributed by atoms with van der Waals surface area (Å²) in [7, 11) is 0. The van der Waals surface area contributed by atoms with Crippen molar-refractivity contribution in [2.45, 2.75) is 25.6 Å². The summed E-state index contributed by atoms with van der Waals surface area (Å²) in [5, 5.41) is 9.10. The lowest BCUT2D eigenvalue weighted by Gasteiger charge is -2.08. The van der Waals surface area contributed by atoms with Crippen molar-refractivity contribution in [2.75, 3.05) is 6.61 Å². The lowest BCUT2D eigenvalue weighted by atomic mass is 10.2. The van der Waals surface area contributed by atoms with Crippen molar-refractivity contribution in [3.8, 4) is 0 Å². The second-order valence-corrected chi connectivity index (χ2v) is 2.30. The summed E-state index contributed by atoms with van der Waals surface area (Å²) in [6.07, 6.45) is 5.32. The Morgan fingerprint density at radius 1 is 1.36 bits per heavy atom. The summed E-state index contributed by atoms with van der Waals surface area (Å²) in [6.45, 7) is 7.47. The van der Waals surface area contributed by atoms with Crippen molar-refractivity contribution >= 4 is 0 Å². The van der Waals surface area contributed by atoms with E-state index in [0.717, 1.165) is 12.8 Å². The number of hydrogen-bond acceptors (Lipinski definition) is 2. The van der Waals surface area contributed by atoms with Crippen LogP contribution in [0.3, 0.4) is 0 Å². The van der Waals surface area contributed by atoms with Crippen LogP contribution in [0.25, 0.3) is 0 Å². The molecule has 0 bridgehead atoms. The van der Waals surface area contributed by atoms with Gasteiger partial charge < -0.3 is 9.84 Å². The highest BCUT2D eigenvalue weighted by Crippen LogP contribution is 2.02. The van der Waals surface area contributed by atoms with Crippen molar-refractivity contribution in [3.63, 3.8) is 0 Å². The second-order valence-electron chi connectivity index (χ2n) is 2.30. The average Bonchev–Trinajstić information content (AvgIpc) is 2.01. The van der Waals surface area contributed by atoms with E-state index in [1.54, 1.807) is 6.08 Å². The summed E-state index contributed by atoms with van der Waals surface area (Å²) in [4.78, 5) is 0. The van der Waals surface area contributed by atoms with Gasteiger partial charge in [0, 0.05) is 0 Å². The van der Waals surface area contributed by atoms with Gasteiger partial charge in [-0.05, 0) is 19.3 Å². The van der Waals surface area contributed by atoms with E-state index in [1.807, 2.05) is 6.08 Å². The highest BCUT2D eigenvalue weighted by atomic mass is 16.6. The highest BCUT2D eigenvalue weighted by molar-refractivity contribution is 4.67. The van der Waals surface area contributed by atoms with Gasteiger partial charge in [-0.25, -0.2) is 0 Å². The second kappa shape index (κ2) is 7.51. The Bertz CT molecular complexity index is 110. The molecule has 0 radical (unpaired) electrons. The molecule has 0 saturated carbocycles. The minimum atomic E-state index is -0.645. The molecule has 1 N–H and O–H groups in total. The third kappa shape index (κ3) is 7.30. The Morgan fingerprint density at radius 2 is 2.09 bits per heavy atom. The van der Waals surface area contributed by atoms with E-state index in [0.29, 0.717) is 13.0 Å². The minimum Gasteiger partial charge on any atom is -0.368 e. The third-order valence-electron chi connectivity index (χ3n) is 1.27. The van der Waals surface area contributed by atoms with Crippen LogP contribution in [0.1, 0.15) is 19.3 Å². The smallest absolute Gasteiger partial charge is 0.154 e. The molecule has 0 aromatic heterocycles. The molecular weight excluding hydrogens is 140 g/mol. The van der Waals surface area contributed by atoms with E-state index < -0.39 is 6.29 Å². The Hall–Kier alpha value is -0.600. The number of unbranched alkanes of at least 4 members (excludes halogenated alkanes) is 1. The topological polar surface area (TPSA) is 29.5 Å². The molecule has 11 heavy (non-hydrogen) atoms. The first-order valence-corrected chi connectivity index (χ1v) is 3.82. The molecule has 0 heterocycles. The molecule has 0 spiro atoms. The monoisotopic (exact) mass is 156 g/mol. The Kier molecular flexibility index (Phi) is 7.10. The largest absolute Gasteiger partial charge is 0.368 e. The molecule has 2 nitrogen and oxygen atoms in total. The molecule has 0 aromatic carbocycles. The molecular formula is C9H16O2. The zero-order chi connectivity index (χ0) is 8.53. The lowest BCUT2D eigenvalue weighted by Crippen LogP contribution is -2.11. The van der Waals surface area contributed by atoms with Gasteiger partial charge in [0.25, 0.3) is 0 Å². The molecule has 0 aliphatic carbocycles. The van der Waals surface area contributed by atoms with E-state index in [1.165, 1.54) is 0 Å². The van der Waals surface area contributed by atoms with Crippen molar-refractivity contribution in [1.29, 1.82) is 0 Å². The van der Waals surface area contributed by atoms with Gasteiger partial charge in [0.15, 0.2) is 6.29 Å². The number of aliphatic hydroxyl groups is 1. The zero-order valence-corrected chi connectivity index (χ0v) is 6.83. The highest BCUT2D eigenvalue weighted by Gasteiger charge is 2.00. The van der Waals surface area contributed by atoms with Crippen LogP contribution in [-0.4, -0.2) is 18.0 Å². The first-order chi connectivity index (χ1) is 5.31. The zero-order valence-electron chi connectivity index (χ0n) is 6.83. The lowest BCUT2D eigenvalue weighted by molar-refractivity contribution is -0.0933. The van der Waals surface area contributed by atoms with Gasteiger partial charge >= 0.3 is 0 Å². The first kappa shape index (κ1) is 10.4. The fourth-order valence-electron chi connectivity index (χ4n) is 0.699. The maximum absolute atomic E-state index is 9.10. The van der Waals surface area contributed by atoms with Gasteiger partial charge in [-0.2, -0.15) is 0 Å². The number of aliphatic hydroxyl groups excluding tert-OH is 1. The van der Waals surface area contributed by atoms with E-state index in [9.17, 15) is 0 Å². The summed E-state index contributed by atoms with van der Waals surface area (Å²) < 4.78 is 4.94. The van der Waals surface area contributed by atoms with Crippen LogP contribution in [0, 0.1) is 0 Å². The maximum atomic E-state index is 9.10. The van der Waals surface area contributed by atoms with Crippen molar-refractivity contribution in [2.24, 2.45) is 0 Å². The fraction of sp³-hybridized carbons (Fsp3) is 0.556. The normalized spacial score (nSPS) is 12.5. The first-order valence-electron chi connectivity index (χ1n) is 3.82. The minimum absolute atomic E-state index is 0.412. The summed E-state index contributed by atoms with van der Waals surface area (Å²) in [6, 6.07) is 0. The van der Waals surface area contributed by atoms with E-state index >= 15 is 0 Å². The van der Waals surface area contributed by atoms with E-state index in [2.05, 4.69) is 13.2 Å². The molecule has 0 rings (SSSR count). The van der Waals surface area contributed by atoms with Gasteiger partial charge in [0.1, 0.15) is 0 Å². The molecule has 0 aromatic rings. The van der Waals surface area contributed by atoms with Gasteiger partial charge in [-0.1, -0.05) is 12.2 Å². The van der Waals surface area contributed by atoms with Crippen LogP contribution in [0.5, 0.6) is 0 Å². The Labute approximate surface area is 68.2 Å². The molecule has 0 aliphatic heterocycles.